The molecular weight excluding hydrogens is 397 g/mol. The van der Waals surface area contributed by atoms with Crippen molar-refractivity contribution in [3.63, 3.8) is 0 Å². The van der Waals surface area contributed by atoms with Crippen LogP contribution >= 0.6 is 0 Å². The maximum Gasteiger partial charge on any atom is 0.271 e. The molecule has 29 heavy (non-hydrogen) atoms. The van der Waals surface area contributed by atoms with Gasteiger partial charge in [0.1, 0.15) is 17.3 Å². The van der Waals surface area contributed by atoms with Crippen LogP contribution in [0.1, 0.15) is 31.2 Å². The summed E-state index contributed by atoms with van der Waals surface area (Å²) in [6.45, 7) is 2.11. The summed E-state index contributed by atoms with van der Waals surface area (Å²) >= 11 is 0. The van der Waals surface area contributed by atoms with E-state index in [0.29, 0.717) is 24.3 Å². The Kier molecular flexibility index (Phi) is 6.49. The van der Waals surface area contributed by atoms with E-state index in [1.54, 1.807) is 6.92 Å². The van der Waals surface area contributed by atoms with Crippen LogP contribution in [0.3, 0.4) is 0 Å². The molecule has 1 aliphatic rings. The van der Waals surface area contributed by atoms with Crippen LogP contribution in [0.2, 0.25) is 0 Å². The first-order chi connectivity index (χ1) is 13.8. The molecule has 0 atom stereocenters. The summed E-state index contributed by atoms with van der Waals surface area (Å²) in [6.07, 6.45) is 4.81. The molecule has 0 spiro atoms. The first kappa shape index (κ1) is 21.2. The van der Waals surface area contributed by atoms with Gasteiger partial charge in [-0.2, -0.15) is 4.31 Å². The number of pyridine rings is 1. The van der Waals surface area contributed by atoms with E-state index in [4.69, 9.17) is 0 Å². The Balaban J connectivity index is 1.82. The molecule has 1 N–H and O–H groups in total. The smallest absolute Gasteiger partial charge is 0.271 e. The van der Waals surface area contributed by atoms with Gasteiger partial charge in [-0.1, -0.05) is 18.9 Å². The fourth-order valence-corrected chi connectivity index (χ4v) is 4.94. The molecule has 7 nitrogen and oxygen atoms in total. The van der Waals surface area contributed by atoms with E-state index in [-0.39, 0.29) is 11.4 Å². The normalized spacial score (nSPS) is 15.7. The number of rotatable bonds is 5. The summed E-state index contributed by atoms with van der Waals surface area (Å²) in [5.41, 5.74) is 0.226. The number of hydrogen-bond acceptors (Lipinski definition) is 4. The molecule has 2 heterocycles. The van der Waals surface area contributed by atoms with Crippen LogP contribution in [0.4, 0.5) is 10.1 Å². The standard InChI is InChI=1S/C20H24FN3O4S/c1-15-8-9-16(21)13-17(15)22-19(25)14-23-10-6-7-18(20(23)26)29(27,28)24-11-4-2-3-5-12-24/h6-10,13H,2-5,11-12,14H2,1H3,(H,22,25). The van der Waals surface area contributed by atoms with Gasteiger partial charge in [-0.05, 0) is 49.6 Å². The van der Waals surface area contributed by atoms with Gasteiger partial charge in [0.25, 0.3) is 5.56 Å². The van der Waals surface area contributed by atoms with Gasteiger partial charge < -0.3 is 9.88 Å². The largest absolute Gasteiger partial charge is 0.324 e. The second-order valence-corrected chi connectivity index (χ2v) is 9.04. The van der Waals surface area contributed by atoms with E-state index in [1.165, 1.54) is 40.8 Å². The summed E-state index contributed by atoms with van der Waals surface area (Å²) in [6, 6.07) is 6.72. The quantitative estimate of drug-likeness (QED) is 0.803. The molecule has 1 amide bonds. The van der Waals surface area contributed by atoms with Crippen molar-refractivity contribution in [2.75, 3.05) is 18.4 Å². The van der Waals surface area contributed by atoms with Gasteiger partial charge in [0.2, 0.25) is 15.9 Å². The fraction of sp³-hybridized carbons (Fsp3) is 0.400. The number of sulfonamides is 1. The van der Waals surface area contributed by atoms with Crippen LogP contribution in [0, 0.1) is 12.7 Å². The van der Waals surface area contributed by atoms with Crippen LogP contribution in [-0.2, 0) is 21.4 Å². The number of nitrogens with one attached hydrogen (secondary N) is 1. The Labute approximate surface area is 169 Å². The zero-order chi connectivity index (χ0) is 21.0. The maximum absolute atomic E-state index is 13.4. The number of aromatic nitrogens is 1. The number of amides is 1. The summed E-state index contributed by atoms with van der Waals surface area (Å²) in [5, 5.41) is 2.56. The Morgan fingerprint density at radius 2 is 1.83 bits per heavy atom. The topological polar surface area (TPSA) is 88.5 Å². The molecule has 156 valence electrons. The van der Waals surface area contributed by atoms with E-state index >= 15 is 0 Å². The van der Waals surface area contributed by atoms with Gasteiger partial charge in [-0.25, -0.2) is 12.8 Å². The lowest BCUT2D eigenvalue weighted by molar-refractivity contribution is -0.116. The Morgan fingerprint density at radius 1 is 1.14 bits per heavy atom. The lowest BCUT2D eigenvalue weighted by Gasteiger charge is -2.20. The zero-order valence-electron chi connectivity index (χ0n) is 16.2. The van der Waals surface area contributed by atoms with E-state index in [9.17, 15) is 22.4 Å². The van der Waals surface area contributed by atoms with Crippen molar-refractivity contribution in [3.05, 3.63) is 58.3 Å². The molecule has 0 radical (unpaired) electrons. The zero-order valence-corrected chi connectivity index (χ0v) is 17.0. The van der Waals surface area contributed by atoms with Crippen molar-refractivity contribution in [1.82, 2.24) is 8.87 Å². The molecule has 2 aromatic rings. The molecule has 9 heteroatoms. The van der Waals surface area contributed by atoms with E-state index < -0.39 is 27.3 Å². The number of nitrogens with zero attached hydrogens (tertiary/aromatic N) is 2. The second kappa shape index (κ2) is 8.87. The molecule has 1 fully saturated rings. The molecule has 1 aliphatic heterocycles. The van der Waals surface area contributed by atoms with Gasteiger partial charge in [0.05, 0.1) is 0 Å². The number of benzene rings is 1. The number of carbonyl (C=O) groups is 1. The highest BCUT2D eigenvalue weighted by molar-refractivity contribution is 7.89. The van der Waals surface area contributed by atoms with Gasteiger partial charge in [0, 0.05) is 25.0 Å². The maximum atomic E-state index is 13.4. The number of aryl methyl sites for hydroxylation is 1. The minimum absolute atomic E-state index is 0.302. The van der Waals surface area contributed by atoms with E-state index in [2.05, 4.69) is 5.32 Å². The molecule has 3 rings (SSSR count). The third-order valence-corrected chi connectivity index (χ3v) is 6.87. The molecule has 1 aromatic heterocycles. The number of carbonyl (C=O) groups excluding carboxylic acids is 1. The van der Waals surface area contributed by atoms with Gasteiger partial charge >= 0.3 is 0 Å². The number of anilines is 1. The summed E-state index contributed by atoms with van der Waals surface area (Å²) in [7, 11) is -3.93. The third-order valence-electron chi connectivity index (χ3n) is 4.96. The van der Waals surface area contributed by atoms with Crippen LogP contribution in [0.5, 0.6) is 0 Å². The molecule has 1 saturated heterocycles. The third kappa shape index (κ3) is 4.91. The van der Waals surface area contributed by atoms with E-state index in [0.717, 1.165) is 30.3 Å². The average Bonchev–Trinajstić information content (AvgIpc) is 2.96. The SMILES string of the molecule is Cc1ccc(F)cc1NC(=O)Cn1cccc(S(=O)(=O)N2CCCCCC2)c1=O. The highest BCUT2D eigenvalue weighted by atomic mass is 32.2. The van der Waals surface area contributed by atoms with Gasteiger partial charge in [-0.3, -0.25) is 9.59 Å². The lowest BCUT2D eigenvalue weighted by atomic mass is 10.2. The van der Waals surface area contributed by atoms with Crippen LogP contribution < -0.4 is 10.9 Å². The molecule has 0 aliphatic carbocycles. The molecular formula is C20H24FN3O4S. The summed E-state index contributed by atoms with van der Waals surface area (Å²) < 4.78 is 41.7. The number of halogens is 1. The predicted octanol–water partition coefficient (Wildman–Crippen LogP) is 2.50. The fourth-order valence-electron chi connectivity index (χ4n) is 3.33. The molecule has 0 unspecified atom stereocenters. The van der Waals surface area contributed by atoms with Crippen LogP contribution in [0.15, 0.2) is 46.2 Å². The van der Waals surface area contributed by atoms with Crippen molar-refractivity contribution in [1.29, 1.82) is 0 Å². The minimum atomic E-state index is -3.93. The summed E-state index contributed by atoms with van der Waals surface area (Å²) in [5.74, 6) is -1.04. The molecule has 0 saturated carbocycles. The Hall–Kier alpha value is -2.52. The van der Waals surface area contributed by atoms with Crippen molar-refractivity contribution >= 4 is 21.6 Å². The van der Waals surface area contributed by atoms with Crippen molar-refractivity contribution in [2.24, 2.45) is 0 Å². The highest BCUT2D eigenvalue weighted by Gasteiger charge is 2.28. The van der Waals surface area contributed by atoms with Crippen molar-refractivity contribution in [2.45, 2.75) is 44.0 Å². The number of hydrogen-bond donors (Lipinski definition) is 1. The first-order valence-corrected chi connectivity index (χ1v) is 11.0. The van der Waals surface area contributed by atoms with Crippen LogP contribution in [-0.4, -0.2) is 36.3 Å². The first-order valence-electron chi connectivity index (χ1n) is 9.54. The van der Waals surface area contributed by atoms with Gasteiger partial charge in [0.15, 0.2) is 0 Å². The van der Waals surface area contributed by atoms with E-state index in [1.807, 2.05) is 0 Å². The van der Waals surface area contributed by atoms with Crippen molar-refractivity contribution in [3.8, 4) is 0 Å². The highest BCUT2D eigenvalue weighted by Crippen LogP contribution is 2.18. The van der Waals surface area contributed by atoms with Gasteiger partial charge in [-0.15, -0.1) is 0 Å². The average molecular weight is 421 g/mol. The molecule has 1 aromatic carbocycles. The molecule has 0 bridgehead atoms. The van der Waals surface area contributed by atoms with Crippen LogP contribution in [0.25, 0.3) is 0 Å². The monoisotopic (exact) mass is 421 g/mol. The predicted molar refractivity (Wildman–Crippen MR) is 108 cm³/mol. The second-order valence-electron chi connectivity index (χ2n) is 7.13. The Morgan fingerprint density at radius 3 is 2.52 bits per heavy atom. The minimum Gasteiger partial charge on any atom is -0.324 e. The Bertz CT molecular complexity index is 1060. The lowest BCUT2D eigenvalue weighted by Crippen LogP contribution is -2.37. The summed E-state index contributed by atoms with van der Waals surface area (Å²) in [4.78, 5) is 24.8. The van der Waals surface area contributed by atoms with Crippen molar-refractivity contribution < 1.29 is 17.6 Å².